The quantitative estimate of drug-likeness (QED) is 0.355. The topological polar surface area (TPSA) is 71.6 Å². The highest BCUT2D eigenvalue weighted by Crippen LogP contribution is 2.20. The van der Waals surface area contributed by atoms with Crippen molar-refractivity contribution in [3.05, 3.63) is 112 Å². The van der Waals surface area contributed by atoms with Gasteiger partial charge in [-0.05, 0) is 29.8 Å². The van der Waals surface area contributed by atoms with Crippen LogP contribution in [0.15, 0.2) is 94.1 Å². The van der Waals surface area contributed by atoms with Gasteiger partial charge in [-0.25, -0.2) is 9.78 Å². The SMILES string of the molecule is O=C(c1cc2ccccc2oc1=O)N1CCN(Cc2nc3ccccc3n2Cc2ccccc2)CC1. The molecule has 0 unspecified atom stereocenters. The summed E-state index contributed by atoms with van der Waals surface area (Å²) in [7, 11) is 0. The molecule has 36 heavy (non-hydrogen) atoms. The lowest BCUT2D eigenvalue weighted by molar-refractivity contribution is 0.0620. The second-order valence-electron chi connectivity index (χ2n) is 9.14. The van der Waals surface area contributed by atoms with E-state index in [1.54, 1.807) is 23.1 Å². The van der Waals surface area contributed by atoms with Crippen molar-refractivity contribution in [1.29, 1.82) is 0 Å². The number of benzene rings is 3. The summed E-state index contributed by atoms with van der Waals surface area (Å²) in [6, 6.07) is 27.5. The fourth-order valence-corrected chi connectivity index (χ4v) is 4.88. The second-order valence-corrected chi connectivity index (χ2v) is 9.14. The monoisotopic (exact) mass is 478 g/mol. The van der Waals surface area contributed by atoms with Crippen molar-refractivity contribution >= 4 is 27.9 Å². The molecule has 1 amide bonds. The van der Waals surface area contributed by atoms with Gasteiger partial charge >= 0.3 is 5.63 Å². The third-order valence-electron chi connectivity index (χ3n) is 6.81. The molecular weight excluding hydrogens is 452 g/mol. The molecule has 1 saturated heterocycles. The third-order valence-corrected chi connectivity index (χ3v) is 6.81. The number of imidazole rings is 1. The second kappa shape index (κ2) is 9.43. The van der Waals surface area contributed by atoms with Crippen LogP contribution in [0.5, 0.6) is 0 Å². The fraction of sp³-hybridized carbons (Fsp3) is 0.207. The van der Waals surface area contributed by atoms with E-state index in [9.17, 15) is 9.59 Å². The molecule has 0 radical (unpaired) electrons. The van der Waals surface area contributed by atoms with E-state index in [-0.39, 0.29) is 11.5 Å². The lowest BCUT2D eigenvalue weighted by Crippen LogP contribution is -2.49. The van der Waals surface area contributed by atoms with Crippen LogP contribution < -0.4 is 5.63 Å². The van der Waals surface area contributed by atoms with Crippen molar-refractivity contribution in [2.45, 2.75) is 13.1 Å². The lowest BCUT2D eigenvalue weighted by Gasteiger charge is -2.34. The Kier molecular flexibility index (Phi) is 5.83. The van der Waals surface area contributed by atoms with E-state index in [0.717, 1.165) is 28.8 Å². The van der Waals surface area contributed by atoms with Crippen LogP contribution in [-0.2, 0) is 13.1 Å². The molecule has 7 nitrogen and oxygen atoms in total. The van der Waals surface area contributed by atoms with Crippen molar-refractivity contribution in [1.82, 2.24) is 19.4 Å². The largest absolute Gasteiger partial charge is 0.422 e. The summed E-state index contributed by atoms with van der Waals surface area (Å²) in [5, 5.41) is 0.747. The average Bonchev–Trinajstić information content (AvgIpc) is 3.25. The Labute approximate surface area is 208 Å². The third kappa shape index (κ3) is 4.29. The average molecular weight is 479 g/mol. The predicted octanol–water partition coefficient (Wildman–Crippen LogP) is 4.15. The van der Waals surface area contributed by atoms with E-state index < -0.39 is 5.63 Å². The fourth-order valence-electron chi connectivity index (χ4n) is 4.88. The first-order valence-electron chi connectivity index (χ1n) is 12.2. The summed E-state index contributed by atoms with van der Waals surface area (Å²) in [5.41, 5.74) is 3.32. The minimum absolute atomic E-state index is 0.0896. The van der Waals surface area contributed by atoms with Crippen LogP contribution >= 0.6 is 0 Å². The Bertz CT molecular complexity index is 1600. The zero-order valence-corrected chi connectivity index (χ0v) is 19.8. The molecule has 7 heteroatoms. The van der Waals surface area contributed by atoms with Gasteiger partial charge in [0.15, 0.2) is 0 Å². The maximum absolute atomic E-state index is 13.1. The summed E-state index contributed by atoms with van der Waals surface area (Å²) >= 11 is 0. The zero-order chi connectivity index (χ0) is 24.5. The number of hydrogen-bond donors (Lipinski definition) is 0. The van der Waals surface area contributed by atoms with Crippen LogP contribution in [0.1, 0.15) is 21.7 Å². The van der Waals surface area contributed by atoms with E-state index in [4.69, 9.17) is 9.40 Å². The predicted molar refractivity (Wildman–Crippen MR) is 139 cm³/mol. The molecule has 3 aromatic carbocycles. The molecule has 180 valence electrons. The molecule has 1 aliphatic heterocycles. The number of para-hydroxylation sites is 3. The first-order valence-corrected chi connectivity index (χ1v) is 12.2. The molecule has 6 rings (SSSR count). The lowest BCUT2D eigenvalue weighted by atomic mass is 10.1. The number of rotatable bonds is 5. The van der Waals surface area contributed by atoms with Gasteiger partial charge in [0, 0.05) is 38.1 Å². The van der Waals surface area contributed by atoms with Gasteiger partial charge < -0.3 is 13.9 Å². The highest BCUT2D eigenvalue weighted by atomic mass is 16.4. The van der Waals surface area contributed by atoms with Crippen LogP contribution in [0.3, 0.4) is 0 Å². The van der Waals surface area contributed by atoms with E-state index in [2.05, 4.69) is 39.8 Å². The Balaban J connectivity index is 1.18. The van der Waals surface area contributed by atoms with Gasteiger partial charge in [-0.15, -0.1) is 0 Å². The Morgan fingerprint density at radius 1 is 0.833 bits per heavy atom. The molecular formula is C29H26N4O3. The van der Waals surface area contributed by atoms with E-state index in [1.165, 1.54) is 5.56 Å². The Morgan fingerprint density at radius 3 is 2.39 bits per heavy atom. The highest BCUT2D eigenvalue weighted by Gasteiger charge is 2.26. The van der Waals surface area contributed by atoms with Crippen molar-refractivity contribution in [2.24, 2.45) is 0 Å². The molecule has 0 bridgehead atoms. The zero-order valence-electron chi connectivity index (χ0n) is 19.8. The highest BCUT2D eigenvalue weighted by molar-refractivity contribution is 5.96. The minimum Gasteiger partial charge on any atom is -0.422 e. The number of carbonyl (C=O) groups excluding carboxylic acids is 1. The number of hydrogen-bond acceptors (Lipinski definition) is 5. The van der Waals surface area contributed by atoms with Crippen molar-refractivity contribution < 1.29 is 9.21 Å². The van der Waals surface area contributed by atoms with Gasteiger partial charge in [0.05, 0.1) is 17.6 Å². The molecule has 0 saturated carbocycles. The minimum atomic E-state index is -0.587. The summed E-state index contributed by atoms with van der Waals surface area (Å²) in [6.45, 7) is 3.96. The van der Waals surface area contributed by atoms with Crippen LogP contribution in [0.2, 0.25) is 0 Å². The van der Waals surface area contributed by atoms with Gasteiger partial charge in [0.1, 0.15) is 17.0 Å². The van der Waals surface area contributed by atoms with Crippen LogP contribution in [0, 0.1) is 0 Å². The molecule has 5 aromatic rings. The molecule has 0 N–H and O–H groups in total. The summed E-state index contributed by atoms with van der Waals surface area (Å²) < 4.78 is 7.65. The van der Waals surface area contributed by atoms with Gasteiger partial charge in [-0.3, -0.25) is 9.69 Å². The van der Waals surface area contributed by atoms with Gasteiger partial charge in [0.25, 0.3) is 5.91 Å². The smallest absolute Gasteiger partial charge is 0.349 e. The van der Waals surface area contributed by atoms with Gasteiger partial charge in [-0.1, -0.05) is 60.7 Å². The summed E-state index contributed by atoms with van der Waals surface area (Å²) in [6.07, 6.45) is 0. The van der Waals surface area contributed by atoms with Crippen LogP contribution in [0.4, 0.5) is 0 Å². The standard InChI is InChI=1S/C29H26N4O3/c34-28(23-18-22-10-4-7-13-26(22)36-29(23)35)32-16-14-31(15-17-32)20-27-30-24-11-5-6-12-25(24)33(27)19-21-8-2-1-3-9-21/h1-13,18H,14-17,19-20H2. The van der Waals surface area contributed by atoms with Crippen molar-refractivity contribution in [3.63, 3.8) is 0 Å². The maximum Gasteiger partial charge on any atom is 0.349 e. The first kappa shape index (κ1) is 22.2. The molecule has 1 aliphatic rings. The Morgan fingerprint density at radius 2 is 1.56 bits per heavy atom. The van der Waals surface area contributed by atoms with Crippen molar-refractivity contribution in [2.75, 3.05) is 26.2 Å². The van der Waals surface area contributed by atoms with Crippen molar-refractivity contribution in [3.8, 4) is 0 Å². The normalized spacial score (nSPS) is 14.5. The van der Waals surface area contributed by atoms with E-state index in [0.29, 0.717) is 38.3 Å². The van der Waals surface area contributed by atoms with Crippen LogP contribution in [-0.4, -0.2) is 51.4 Å². The molecule has 3 heterocycles. The van der Waals surface area contributed by atoms with Gasteiger partial charge in [-0.2, -0.15) is 0 Å². The Hall–Kier alpha value is -4.23. The number of aromatic nitrogens is 2. The van der Waals surface area contributed by atoms with E-state index >= 15 is 0 Å². The summed E-state index contributed by atoms with van der Waals surface area (Å²) in [5.74, 6) is 0.737. The molecule has 2 aromatic heterocycles. The van der Waals surface area contributed by atoms with E-state index in [1.807, 2.05) is 36.4 Å². The molecule has 1 fully saturated rings. The summed E-state index contributed by atoms with van der Waals surface area (Å²) in [4.78, 5) is 34.6. The first-order chi connectivity index (χ1) is 17.7. The molecule has 0 atom stereocenters. The molecule has 0 spiro atoms. The van der Waals surface area contributed by atoms with Gasteiger partial charge in [0.2, 0.25) is 0 Å². The number of amides is 1. The van der Waals surface area contributed by atoms with Crippen LogP contribution in [0.25, 0.3) is 22.0 Å². The number of piperazine rings is 1. The number of carbonyl (C=O) groups is 1. The number of nitrogens with zero attached hydrogens (tertiary/aromatic N) is 4. The molecule has 0 aliphatic carbocycles. The number of fused-ring (bicyclic) bond motifs is 2. The maximum atomic E-state index is 13.1.